The second-order valence-electron chi connectivity index (χ2n) is 6.96. The molecule has 0 aliphatic carbocycles. The number of nitrogens with zero attached hydrogens (tertiary/aromatic N) is 3. The zero-order valence-corrected chi connectivity index (χ0v) is 15.8. The van der Waals surface area contributed by atoms with Gasteiger partial charge < -0.3 is 9.64 Å². The van der Waals surface area contributed by atoms with Crippen LogP contribution in [0.5, 0.6) is 0 Å². The summed E-state index contributed by atoms with van der Waals surface area (Å²) in [6.07, 6.45) is 4.51. The molecule has 0 saturated carbocycles. The predicted octanol–water partition coefficient (Wildman–Crippen LogP) is 3.78. The number of ether oxygens (including phenoxy) is 1. The summed E-state index contributed by atoms with van der Waals surface area (Å²) in [7, 11) is 1.58. The Morgan fingerprint density at radius 2 is 2.04 bits per heavy atom. The molecular formula is C20H24F2N4O2. The average Bonchev–Trinajstić information content (AvgIpc) is 2.68. The highest BCUT2D eigenvalue weighted by molar-refractivity contribution is 5.88. The topological polar surface area (TPSA) is 67.3 Å². The summed E-state index contributed by atoms with van der Waals surface area (Å²) in [5, 5.41) is 2.79. The van der Waals surface area contributed by atoms with Crippen molar-refractivity contribution < 1.29 is 18.3 Å². The van der Waals surface area contributed by atoms with Crippen molar-refractivity contribution in [2.45, 2.75) is 32.3 Å². The second kappa shape index (κ2) is 9.54. The summed E-state index contributed by atoms with van der Waals surface area (Å²) in [5.74, 6) is -0.185. The molecule has 1 aromatic heterocycles. The lowest BCUT2D eigenvalue weighted by atomic mass is 9.90. The van der Waals surface area contributed by atoms with Crippen LogP contribution in [0.25, 0.3) is 0 Å². The third-order valence-electron chi connectivity index (χ3n) is 4.99. The number of anilines is 1. The monoisotopic (exact) mass is 390 g/mol. The van der Waals surface area contributed by atoms with Gasteiger partial charge in [-0.2, -0.15) is 0 Å². The Labute approximate surface area is 162 Å². The van der Waals surface area contributed by atoms with Crippen molar-refractivity contribution in [3.63, 3.8) is 0 Å². The number of halogens is 2. The van der Waals surface area contributed by atoms with Gasteiger partial charge in [0.15, 0.2) is 0 Å². The highest BCUT2D eigenvalue weighted by atomic mass is 19.1. The quantitative estimate of drug-likeness (QED) is 0.815. The lowest BCUT2D eigenvalue weighted by Crippen LogP contribution is -2.41. The van der Waals surface area contributed by atoms with Crippen molar-refractivity contribution in [1.82, 2.24) is 14.9 Å². The van der Waals surface area contributed by atoms with Crippen LogP contribution in [0.3, 0.4) is 0 Å². The summed E-state index contributed by atoms with van der Waals surface area (Å²) in [6, 6.07) is 5.22. The number of carbonyl (C=O) groups excluding carboxylic acids is 1. The largest absolute Gasteiger partial charge is 0.378 e. The molecule has 1 aliphatic rings. The highest BCUT2D eigenvalue weighted by Gasteiger charge is 2.23. The van der Waals surface area contributed by atoms with E-state index in [0.717, 1.165) is 25.3 Å². The molecule has 2 amide bonds. The van der Waals surface area contributed by atoms with E-state index >= 15 is 0 Å². The molecule has 1 N–H and O–H groups in total. The van der Waals surface area contributed by atoms with Crippen LogP contribution in [0.2, 0.25) is 0 Å². The Hall–Kier alpha value is -2.61. The average molecular weight is 390 g/mol. The number of nitrogens with one attached hydrogen (secondary N) is 1. The standard InChI is InChI=1S/C20H24F2N4O2/c1-28-12-17-11-19(24-13-23-17)25-20(27)26-8-6-14(7-9-26)2-3-15-4-5-16(21)10-18(15)22/h4-5,10-11,13-14H,2-3,6-9,12H2,1H3,(H,23,24,25,27). The molecule has 0 bridgehead atoms. The van der Waals surface area contributed by atoms with Gasteiger partial charge in [0.2, 0.25) is 0 Å². The first-order chi connectivity index (χ1) is 13.5. The molecule has 1 aliphatic heterocycles. The van der Waals surface area contributed by atoms with E-state index in [1.807, 2.05) is 0 Å². The van der Waals surface area contributed by atoms with Crippen LogP contribution in [0.1, 0.15) is 30.5 Å². The molecule has 3 rings (SSSR count). The molecule has 0 unspecified atom stereocenters. The van der Waals surface area contributed by atoms with Crippen molar-refractivity contribution in [2.24, 2.45) is 5.92 Å². The Kier molecular flexibility index (Phi) is 6.86. The maximum absolute atomic E-state index is 13.7. The van der Waals surface area contributed by atoms with Crippen molar-refractivity contribution in [3.05, 3.63) is 53.5 Å². The normalized spacial score (nSPS) is 14.9. The summed E-state index contributed by atoms with van der Waals surface area (Å²) < 4.78 is 31.7. The number of rotatable bonds is 6. The van der Waals surface area contributed by atoms with E-state index in [9.17, 15) is 13.6 Å². The number of methoxy groups -OCH3 is 1. The first-order valence-electron chi connectivity index (χ1n) is 9.35. The van der Waals surface area contributed by atoms with E-state index in [1.54, 1.807) is 18.1 Å². The molecule has 0 spiro atoms. The summed E-state index contributed by atoms with van der Waals surface area (Å²) in [5.41, 5.74) is 1.23. The van der Waals surface area contributed by atoms with Gasteiger partial charge in [-0.25, -0.2) is 23.5 Å². The second-order valence-corrected chi connectivity index (χ2v) is 6.96. The third kappa shape index (κ3) is 5.45. The number of carbonyl (C=O) groups is 1. The highest BCUT2D eigenvalue weighted by Crippen LogP contribution is 2.24. The van der Waals surface area contributed by atoms with Crippen LogP contribution in [-0.2, 0) is 17.8 Å². The zero-order chi connectivity index (χ0) is 19.9. The number of hydrogen-bond donors (Lipinski definition) is 1. The van der Waals surface area contributed by atoms with Crippen molar-refractivity contribution >= 4 is 11.8 Å². The number of aryl methyl sites for hydroxylation is 1. The van der Waals surface area contributed by atoms with Crippen LogP contribution in [0, 0.1) is 17.6 Å². The van der Waals surface area contributed by atoms with E-state index in [-0.39, 0.29) is 6.03 Å². The third-order valence-corrected chi connectivity index (χ3v) is 4.99. The van der Waals surface area contributed by atoms with Gasteiger partial charge in [-0.15, -0.1) is 0 Å². The van der Waals surface area contributed by atoms with Gasteiger partial charge in [-0.05, 0) is 43.2 Å². The van der Waals surface area contributed by atoms with Gasteiger partial charge in [0.1, 0.15) is 23.8 Å². The fourth-order valence-electron chi connectivity index (χ4n) is 3.39. The molecule has 0 radical (unpaired) electrons. The molecular weight excluding hydrogens is 366 g/mol. The van der Waals surface area contributed by atoms with Gasteiger partial charge in [-0.1, -0.05) is 6.07 Å². The van der Waals surface area contributed by atoms with E-state index in [2.05, 4.69) is 15.3 Å². The van der Waals surface area contributed by atoms with Crippen molar-refractivity contribution in [2.75, 3.05) is 25.5 Å². The van der Waals surface area contributed by atoms with E-state index in [1.165, 1.54) is 18.5 Å². The Morgan fingerprint density at radius 3 is 2.75 bits per heavy atom. The number of urea groups is 1. The van der Waals surface area contributed by atoms with Gasteiger partial charge in [0, 0.05) is 32.3 Å². The smallest absolute Gasteiger partial charge is 0.323 e. The van der Waals surface area contributed by atoms with E-state index in [0.29, 0.717) is 49.1 Å². The minimum absolute atomic E-state index is 0.190. The maximum Gasteiger partial charge on any atom is 0.323 e. The Bertz CT molecular complexity index is 811. The molecule has 0 atom stereocenters. The molecule has 1 saturated heterocycles. The number of aromatic nitrogens is 2. The first-order valence-corrected chi connectivity index (χ1v) is 9.35. The fraction of sp³-hybridized carbons (Fsp3) is 0.450. The number of likely N-dealkylation sites (tertiary alicyclic amines) is 1. The van der Waals surface area contributed by atoms with Gasteiger partial charge >= 0.3 is 6.03 Å². The maximum atomic E-state index is 13.7. The molecule has 6 nitrogen and oxygen atoms in total. The summed E-state index contributed by atoms with van der Waals surface area (Å²) in [4.78, 5) is 22.3. The van der Waals surface area contributed by atoms with Crippen LogP contribution in [0.4, 0.5) is 19.4 Å². The van der Waals surface area contributed by atoms with Crippen LogP contribution in [-0.4, -0.2) is 41.1 Å². The molecule has 1 fully saturated rings. The number of amides is 2. The van der Waals surface area contributed by atoms with Gasteiger partial charge in [0.25, 0.3) is 0 Å². The Balaban J connectivity index is 1.45. The fourth-order valence-corrected chi connectivity index (χ4v) is 3.39. The minimum atomic E-state index is -0.557. The van der Waals surface area contributed by atoms with Crippen LogP contribution >= 0.6 is 0 Å². The first kappa shape index (κ1) is 20.1. The minimum Gasteiger partial charge on any atom is -0.378 e. The molecule has 1 aromatic carbocycles. The molecule has 2 heterocycles. The predicted molar refractivity (Wildman–Crippen MR) is 101 cm³/mol. The number of piperidine rings is 1. The van der Waals surface area contributed by atoms with E-state index in [4.69, 9.17) is 4.74 Å². The van der Waals surface area contributed by atoms with Gasteiger partial charge in [-0.3, -0.25) is 5.32 Å². The molecule has 2 aromatic rings. The molecule has 28 heavy (non-hydrogen) atoms. The Morgan fingerprint density at radius 1 is 1.25 bits per heavy atom. The zero-order valence-electron chi connectivity index (χ0n) is 15.8. The lowest BCUT2D eigenvalue weighted by molar-refractivity contribution is 0.179. The SMILES string of the molecule is COCc1cc(NC(=O)N2CCC(CCc3ccc(F)cc3F)CC2)ncn1. The summed E-state index contributed by atoms with van der Waals surface area (Å²) >= 11 is 0. The number of benzene rings is 1. The molecule has 8 heteroatoms. The van der Waals surface area contributed by atoms with Crippen LogP contribution < -0.4 is 5.32 Å². The van der Waals surface area contributed by atoms with Gasteiger partial charge in [0.05, 0.1) is 12.3 Å². The van der Waals surface area contributed by atoms with Crippen molar-refractivity contribution in [3.8, 4) is 0 Å². The summed E-state index contributed by atoms with van der Waals surface area (Å²) in [6.45, 7) is 1.63. The van der Waals surface area contributed by atoms with Crippen LogP contribution in [0.15, 0.2) is 30.6 Å². The molecule has 150 valence electrons. The van der Waals surface area contributed by atoms with E-state index < -0.39 is 11.6 Å². The van der Waals surface area contributed by atoms with Crippen molar-refractivity contribution in [1.29, 1.82) is 0 Å². The number of hydrogen-bond acceptors (Lipinski definition) is 4. The lowest BCUT2D eigenvalue weighted by Gasteiger charge is -2.32.